The molecule has 0 atom stereocenters. The van der Waals surface area contributed by atoms with Gasteiger partial charge in [0.25, 0.3) is 0 Å². The van der Waals surface area contributed by atoms with Gasteiger partial charge in [-0.25, -0.2) is 0 Å². The van der Waals surface area contributed by atoms with Crippen LogP contribution in [0.25, 0.3) is 0 Å². The average molecular weight is 321 g/mol. The summed E-state index contributed by atoms with van der Waals surface area (Å²) in [6.07, 6.45) is 0. The van der Waals surface area contributed by atoms with Crippen LogP contribution in [-0.2, 0) is 13.1 Å². The molecule has 2 aromatic carbocycles. The average Bonchev–Trinajstić information content (AvgIpc) is 2.49. The van der Waals surface area contributed by atoms with Gasteiger partial charge in [-0.3, -0.25) is 0 Å². The quantitative estimate of drug-likeness (QED) is 0.849. The monoisotopic (exact) mass is 320 g/mol. The number of quaternary nitrogens is 1. The van der Waals surface area contributed by atoms with Crippen molar-refractivity contribution in [3.63, 3.8) is 0 Å². The van der Waals surface area contributed by atoms with Crippen molar-refractivity contribution in [2.45, 2.75) is 26.9 Å². The Bertz CT molecular complexity index is 611. The van der Waals surface area contributed by atoms with Gasteiger partial charge in [0.1, 0.15) is 13.1 Å². The van der Waals surface area contributed by atoms with Crippen molar-refractivity contribution in [2.24, 2.45) is 0 Å². The lowest BCUT2D eigenvalue weighted by Crippen LogP contribution is -2.80. The van der Waals surface area contributed by atoms with E-state index in [4.69, 9.17) is 21.1 Å². The lowest BCUT2D eigenvalue weighted by molar-refractivity contribution is -0.686. The molecule has 0 fully saturated rings. The van der Waals surface area contributed by atoms with Crippen LogP contribution in [-0.4, -0.2) is 13.7 Å². The highest BCUT2D eigenvalue weighted by atomic mass is 35.5. The lowest BCUT2D eigenvalue weighted by Gasteiger charge is -2.12. The molecule has 0 aliphatic rings. The molecule has 0 unspecified atom stereocenters. The number of benzene rings is 2. The van der Waals surface area contributed by atoms with Gasteiger partial charge in [0.15, 0.2) is 11.5 Å². The molecule has 0 radical (unpaired) electrons. The molecule has 2 N–H and O–H groups in total. The van der Waals surface area contributed by atoms with E-state index in [1.54, 1.807) is 7.11 Å². The Kier molecular flexibility index (Phi) is 6.10. The van der Waals surface area contributed by atoms with Crippen LogP contribution in [0.15, 0.2) is 36.4 Å². The number of aryl methyl sites for hydroxylation is 1. The molecule has 118 valence electrons. The van der Waals surface area contributed by atoms with E-state index in [2.05, 4.69) is 36.5 Å². The van der Waals surface area contributed by atoms with Crippen LogP contribution in [0.4, 0.5) is 0 Å². The van der Waals surface area contributed by atoms with Crippen LogP contribution in [0.1, 0.15) is 23.6 Å². The molecule has 0 spiro atoms. The summed E-state index contributed by atoms with van der Waals surface area (Å²) in [5, 5.41) is 2.84. The van der Waals surface area contributed by atoms with Gasteiger partial charge in [0, 0.05) is 11.1 Å². The van der Waals surface area contributed by atoms with Crippen LogP contribution in [0.3, 0.4) is 0 Å². The minimum absolute atomic E-state index is 0.587. The number of ether oxygens (including phenoxy) is 2. The molecule has 2 aromatic rings. The normalized spacial score (nSPS) is 10.5. The van der Waals surface area contributed by atoms with Crippen molar-refractivity contribution in [3.05, 3.63) is 58.1 Å². The third-order valence-electron chi connectivity index (χ3n) is 3.45. The maximum atomic E-state index is 6.26. The Morgan fingerprint density at radius 3 is 2.36 bits per heavy atom. The molecule has 22 heavy (non-hydrogen) atoms. The van der Waals surface area contributed by atoms with Crippen molar-refractivity contribution < 1.29 is 14.8 Å². The largest absolute Gasteiger partial charge is 0.491 e. The summed E-state index contributed by atoms with van der Waals surface area (Å²) in [5.74, 6) is 1.31. The third kappa shape index (κ3) is 4.39. The fraction of sp³-hybridized carbons (Fsp3) is 0.333. The van der Waals surface area contributed by atoms with Gasteiger partial charge in [-0.05, 0) is 26.0 Å². The van der Waals surface area contributed by atoms with Crippen molar-refractivity contribution in [3.8, 4) is 11.5 Å². The summed E-state index contributed by atoms with van der Waals surface area (Å²) < 4.78 is 10.9. The zero-order valence-electron chi connectivity index (χ0n) is 13.4. The second kappa shape index (κ2) is 8.06. The van der Waals surface area contributed by atoms with Crippen molar-refractivity contribution in [1.29, 1.82) is 0 Å². The van der Waals surface area contributed by atoms with Gasteiger partial charge >= 0.3 is 0 Å². The Balaban J connectivity index is 2.01. The van der Waals surface area contributed by atoms with E-state index in [9.17, 15) is 0 Å². The summed E-state index contributed by atoms with van der Waals surface area (Å²) in [4.78, 5) is 0. The van der Waals surface area contributed by atoms with E-state index in [1.165, 1.54) is 11.1 Å². The molecule has 3 nitrogen and oxygen atoms in total. The van der Waals surface area contributed by atoms with E-state index in [0.717, 1.165) is 18.7 Å². The number of hydrogen-bond donors (Lipinski definition) is 1. The Morgan fingerprint density at radius 2 is 1.73 bits per heavy atom. The maximum Gasteiger partial charge on any atom is 0.179 e. The smallest absolute Gasteiger partial charge is 0.179 e. The van der Waals surface area contributed by atoms with Crippen LogP contribution in [0.5, 0.6) is 11.5 Å². The first-order chi connectivity index (χ1) is 10.6. The fourth-order valence-corrected chi connectivity index (χ4v) is 2.64. The van der Waals surface area contributed by atoms with E-state index in [0.29, 0.717) is 23.1 Å². The molecule has 0 bridgehead atoms. The summed E-state index contributed by atoms with van der Waals surface area (Å²) in [5.41, 5.74) is 3.73. The number of nitrogens with two attached hydrogens (primary N) is 1. The van der Waals surface area contributed by atoms with Gasteiger partial charge in [-0.1, -0.05) is 41.4 Å². The third-order valence-corrected chi connectivity index (χ3v) is 3.73. The summed E-state index contributed by atoms with van der Waals surface area (Å²) in [6.45, 7) is 6.42. The van der Waals surface area contributed by atoms with Crippen molar-refractivity contribution in [1.82, 2.24) is 0 Å². The van der Waals surface area contributed by atoms with E-state index < -0.39 is 0 Å². The topological polar surface area (TPSA) is 35.1 Å². The molecule has 4 heteroatoms. The Hall–Kier alpha value is -1.71. The predicted molar refractivity (Wildman–Crippen MR) is 89.7 cm³/mol. The minimum atomic E-state index is 0.587. The van der Waals surface area contributed by atoms with Gasteiger partial charge in [-0.2, -0.15) is 0 Å². The zero-order valence-corrected chi connectivity index (χ0v) is 14.1. The highest BCUT2D eigenvalue weighted by Gasteiger charge is 2.12. The molecule has 0 heterocycles. The number of hydrogen-bond acceptors (Lipinski definition) is 2. The molecular weight excluding hydrogens is 298 g/mol. The van der Waals surface area contributed by atoms with Crippen LogP contribution < -0.4 is 14.8 Å². The minimum Gasteiger partial charge on any atom is -0.491 e. The van der Waals surface area contributed by atoms with Gasteiger partial charge < -0.3 is 14.8 Å². The van der Waals surface area contributed by atoms with Crippen molar-refractivity contribution >= 4 is 11.6 Å². The number of halogens is 1. The van der Waals surface area contributed by atoms with E-state index >= 15 is 0 Å². The molecule has 0 amide bonds. The van der Waals surface area contributed by atoms with Gasteiger partial charge in [-0.15, -0.1) is 0 Å². The van der Waals surface area contributed by atoms with Gasteiger partial charge in [0.2, 0.25) is 0 Å². The first-order valence-corrected chi connectivity index (χ1v) is 7.88. The fourth-order valence-electron chi connectivity index (χ4n) is 2.33. The first-order valence-electron chi connectivity index (χ1n) is 7.50. The Labute approximate surface area is 137 Å². The summed E-state index contributed by atoms with van der Waals surface area (Å²) >= 11 is 6.26. The Morgan fingerprint density at radius 1 is 1.05 bits per heavy atom. The van der Waals surface area contributed by atoms with Crippen LogP contribution in [0.2, 0.25) is 5.02 Å². The van der Waals surface area contributed by atoms with Gasteiger partial charge in [0.05, 0.1) is 18.7 Å². The van der Waals surface area contributed by atoms with Crippen LogP contribution >= 0.6 is 11.6 Å². The lowest BCUT2D eigenvalue weighted by atomic mass is 10.1. The molecule has 0 aliphatic carbocycles. The molecule has 0 aromatic heterocycles. The molecular formula is C18H23ClNO2+. The SMILES string of the molecule is CCOc1cc(C[NH2+]Cc2ccc(C)cc2)cc(Cl)c1OC. The van der Waals surface area contributed by atoms with Crippen LogP contribution in [0, 0.1) is 6.92 Å². The second-order valence-corrected chi connectivity index (χ2v) is 5.63. The number of rotatable bonds is 7. The molecule has 0 saturated heterocycles. The zero-order chi connectivity index (χ0) is 15.9. The molecule has 0 saturated carbocycles. The maximum absolute atomic E-state index is 6.26. The highest BCUT2D eigenvalue weighted by molar-refractivity contribution is 6.32. The molecule has 0 aliphatic heterocycles. The first kappa shape index (κ1) is 16.7. The van der Waals surface area contributed by atoms with Crippen molar-refractivity contribution in [2.75, 3.05) is 13.7 Å². The predicted octanol–water partition coefficient (Wildman–Crippen LogP) is 3.32. The number of methoxy groups -OCH3 is 1. The highest BCUT2D eigenvalue weighted by Crippen LogP contribution is 2.36. The summed E-state index contributed by atoms with van der Waals surface area (Å²) in [7, 11) is 1.60. The van der Waals surface area contributed by atoms with E-state index in [-0.39, 0.29) is 0 Å². The second-order valence-electron chi connectivity index (χ2n) is 5.22. The standard InChI is InChI=1S/C18H22ClNO2/c1-4-22-17-10-15(9-16(19)18(17)21-3)12-20-11-14-7-5-13(2)6-8-14/h5-10,20H,4,11-12H2,1-3H3/p+1. The summed E-state index contributed by atoms with van der Waals surface area (Å²) in [6, 6.07) is 12.5. The molecule has 2 rings (SSSR count). The van der Waals surface area contributed by atoms with E-state index in [1.807, 2.05) is 19.1 Å².